The summed E-state index contributed by atoms with van der Waals surface area (Å²) >= 11 is -0.548. The molecule has 1 aliphatic carbocycles. The number of fused-ring (bicyclic) bond motifs is 1. The summed E-state index contributed by atoms with van der Waals surface area (Å²) in [6.07, 6.45) is 1.72. The number of hydrogen-bond acceptors (Lipinski definition) is 3. The van der Waals surface area contributed by atoms with Crippen molar-refractivity contribution in [2.45, 2.75) is 24.3 Å². The molecule has 1 fully saturated rings. The number of hydrogen-bond donors (Lipinski definition) is 0. The van der Waals surface area contributed by atoms with Crippen molar-refractivity contribution in [3.63, 3.8) is 0 Å². The Bertz CT molecular complexity index is 952. The van der Waals surface area contributed by atoms with Crippen LogP contribution in [0.1, 0.15) is 24.5 Å². The van der Waals surface area contributed by atoms with Crippen LogP contribution in [-0.4, -0.2) is 10.5 Å². The maximum Gasteiger partial charge on any atom is 0.479 e. The van der Waals surface area contributed by atoms with Crippen LogP contribution >= 0.6 is 12.0 Å². The zero-order valence-electron chi connectivity index (χ0n) is 13.4. The first-order valence-corrected chi connectivity index (χ1v) is 8.77. The Labute approximate surface area is 151 Å². The fraction of sp³-hybridized carbons (Fsp3) is 0.211. The lowest BCUT2D eigenvalue weighted by Gasteiger charge is -2.17. The van der Waals surface area contributed by atoms with E-state index in [-0.39, 0.29) is 11.7 Å². The standard InChI is InChI=1S/C19H13F4NOS/c20-13-9-7-11(8-10-13)16-14-3-1-2-4-15(14)24-17(12-5-6-12)18(16)25-26-19(21,22)23/h1-4,7-10,12H,5-6H2. The van der Waals surface area contributed by atoms with Crippen molar-refractivity contribution in [3.8, 4) is 16.9 Å². The van der Waals surface area contributed by atoms with E-state index in [1.165, 1.54) is 12.1 Å². The lowest BCUT2D eigenvalue weighted by atomic mass is 9.97. The predicted molar refractivity (Wildman–Crippen MR) is 93.4 cm³/mol. The second-order valence-corrected chi connectivity index (χ2v) is 6.91. The SMILES string of the molecule is Fc1ccc(-c2c(OSC(F)(F)F)c(C3CC3)nc3ccccc23)cc1. The monoisotopic (exact) mass is 379 g/mol. The minimum Gasteiger partial charge on any atom is -0.414 e. The molecule has 0 atom stereocenters. The van der Waals surface area contributed by atoms with Crippen molar-refractivity contribution in [2.75, 3.05) is 0 Å². The zero-order chi connectivity index (χ0) is 18.3. The van der Waals surface area contributed by atoms with Gasteiger partial charge in [-0.15, -0.1) is 0 Å². The van der Waals surface area contributed by atoms with E-state index < -0.39 is 23.4 Å². The molecule has 0 radical (unpaired) electrons. The van der Waals surface area contributed by atoms with Crippen LogP contribution in [0.3, 0.4) is 0 Å². The fourth-order valence-electron chi connectivity index (χ4n) is 2.92. The smallest absolute Gasteiger partial charge is 0.414 e. The molecule has 1 heterocycles. The largest absolute Gasteiger partial charge is 0.479 e. The van der Waals surface area contributed by atoms with Crippen LogP contribution in [0.15, 0.2) is 48.5 Å². The summed E-state index contributed by atoms with van der Waals surface area (Å²) in [5.41, 5.74) is -2.23. The van der Waals surface area contributed by atoms with Crippen molar-refractivity contribution in [3.05, 3.63) is 60.0 Å². The number of para-hydroxylation sites is 1. The number of rotatable bonds is 4. The van der Waals surface area contributed by atoms with Crippen molar-refractivity contribution in [2.24, 2.45) is 0 Å². The van der Waals surface area contributed by atoms with Crippen LogP contribution in [0.25, 0.3) is 22.0 Å². The van der Waals surface area contributed by atoms with E-state index in [0.717, 1.165) is 12.8 Å². The van der Waals surface area contributed by atoms with Crippen LogP contribution in [0.5, 0.6) is 5.75 Å². The van der Waals surface area contributed by atoms with Gasteiger partial charge in [0.1, 0.15) is 5.82 Å². The first kappa shape index (κ1) is 17.1. The Morgan fingerprint density at radius 3 is 2.35 bits per heavy atom. The van der Waals surface area contributed by atoms with Gasteiger partial charge in [0, 0.05) is 16.9 Å². The van der Waals surface area contributed by atoms with Crippen molar-refractivity contribution in [1.29, 1.82) is 0 Å². The minimum atomic E-state index is -4.54. The molecule has 134 valence electrons. The van der Waals surface area contributed by atoms with E-state index >= 15 is 0 Å². The maximum atomic E-state index is 13.3. The van der Waals surface area contributed by atoms with Gasteiger partial charge in [-0.25, -0.2) is 9.37 Å². The van der Waals surface area contributed by atoms with Crippen LogP contribution in [-0.2, 0) is 0 Å². The van der Waals surface area contributed by atoms with Gasteiger partial charge in [-0.05, 0) is 36.6 Å². The zero-order valence-corrected chi connectivity index (χ0v) is 14.2. The molecule has 1 aliphatic rings. The van der Waals surface area contributed by atoms with E-state index in [1.54, 1.807) is 24.3 Å². The quantitative estimate of drug-likeness (QED) is 0.383. The van der Waals surface area contributed by atoms with Gasteiger partial charge in [-0.2, -0.15) is 13.2 Å². The van der Waals surface area contributed by atoms with Crippen LogP contribution < -0.4 is 4.18 Å². The van der Waals surface area contributed by atoms with Gasteiger partial charge in [0.15, 0.2) is 17.8 Å². The Balaban J connectivity index is 1.96. The molecule has 2 nitrogen and oxygen atoms in total. The highest BCUT2D eigenvalue weighted by Gasteiger charge is 2.36. The highest BCUT2D eigenvalue weighted by Crippen LogP contribution is 2.50. The first-order chi connectivity index (χ1) is 12.4. The number of nitrogens with zero attached hydrogens (tertiary/aromatic N) is 1. The van der Waals surface area contributed by atoms with Gasteiger partial charge in [0.2, 0.25) is 0 Å². The molecule has 26 heavy (non-hydrogen) atoms. The van der Waals surface area contributed by atoms with E-state index in [2.05, 4.69) is 4.98 Å². The molecule has 3 aromatic rings. The first-order valence-electron chi connectivity index (χ1n) is 8.03. The molecule has 0 spiro atoms. The predicted octanol–water partition coefficient (Wildman–Crippen LogP) is 6.47. The molecular weight excluding hydrogens is 366 g/mol. The third kappa shape index (κ3) is 3.49. The third-order valence-electron chi connectivity index (χ3n) is 4.19. The molecule has 1 saturated carbocycles. The highest BCUT2D eigenvalue weighted by molar-refractivity contribution is 7.95. The third-order valence-corrected chi connectivity index (χ3v) is 4.63. The minimum absolute atomic E-state index is 0.0858. The average Bonchev–Trinajstić information content (AvgIpc) is 3.44. The van der Waals surface area contributed by atoms with Gasteiger partial charge in [0.05, 0.1) is 11.2 Å². The maximum absolute atomic E-state index is 13.3. The molecule has 2 aromatic carbocycles. The lowest BCUT2D eigenvalue weighted by Crippen LogP contribution is -2.06. The molecule has 7 heteroatoms. The number of alkyl halides is 3. The summed E-state index contributed by atoms with van der Waals surface area (Å²) in [6, 6.07) is 12.8. The Hall–Kier alpha value is -2.28. The molecule has 0 bridgehead atoms. The Morgan fingerprint density at radius 1 is 1.00 bits per heavy atom. The summed E-state index contributed by atoms with van der Waals surface area (Å²) in [5.74, 6) is -0.218. The average molecular weight is 379 g/mol. The van der Waals surface area contributed by atoms with Gasteiger partial charge < -0.3 is 4.18 Å². The molecule has 0 aliphatic heterocycles. The number of halogens is 4. The normalized spacial score (nSPS) is 14.6. The van der Waals surface area contributed by atoms with Crippen molar-refractivity contribution < 1.29 is 21.7 Å². The van der Waals surface area contributed by atoms with Gasteiger partial charge in [-0.3, -0.25) is 0 Å². The van der Waals surface area contributed by atoms with Crippen LogP contribution in [0.4, 0.5) is 17.6 Å². The Kier molecular flexibility index (Phi) is 4.26. The van der Waals surface area contributed by atoms with E-state index in [1.807, 2.05) is 12.1 Å². The number of pyridine rings is 1. The molecule has 4 rings (SSSR count). The molecule has 1 aromatic heterocycles. The lowest BCUT2D eigenvalue weighted by molar-refractivity contribution is -0.0369. The second kappa shape index (κ2) is 6.46. The summed E-state index contributed by atoms with van der Waals surface area (Å²) in [4.78, 5) is 4.56. The fourth-order valence-corrected chi connectivity index (χ4v) is 3.27. The van der Waals surface area contributed by atoms with Crippen LogP contribution in [0, 0.1) is 5.82 Å². The summed E-state index contributed by atoms with van der Waals surface area (Å²) in [5, 5.41) is 0.668. The topological polar surface area (TPSA) is 22.1 Å². The van der Waals surface area contributed by atoms with Crippen LogP contribution in [0.2, 0.25) is 0 Å². The summed E-state index contributed by atoms with van der Waals surface area (Å²) in [6.45, 7) is 0. The summed E-state index contributed by atoms with van der Waals surface area (Å²) < 4.78 is 56.8. The Morgan fingerprint density at radius 2 is 1.69 bits per heavy atom. The number of aromatic nitrogens is 1. The number of benzene rings is 2. The molecule has 0 N–H and O–H groups in total. The summed E-state index contributed by atoms with van der Waals surface area (Å²) in [7, 11) is 0. The molecule has 0 unspecified atom stereocenters. The molecule has 0 amide bonds. The van der Waals surface area contributed by atoms with Crippen molar-refractivity contribution >= 4 is 22.9 Å². The van der Waals surface area contributed by atoms with E-state index in [9.17, 15) is 17.6 Å². The van der Waals surface area contributed by atoms with Gasteiger partial charge in [0.25, 0.3) is 0 Å². The molecule has 0 saturated heterocycles. The van der Waals surface area contributed by atoms with Gasteiger partial charge in [-0.1, -0.05) is 30.3 Å². The second-order valence-electron chi connectivity index (χ2n) is 6.11. The molecular formula is C19H13F4NOS. The highest BCUT2D eigenvalue weighted by atomic mass is 32.2. The van der Waals surface area contributed by atoms with Gasteiger partial charge >= 0.3 is 5.51 Å². The van der Waals surface area contributed by atoms with E-state index in [0.29, 0.717) is 27.7 Å². The van der Waals surface area contributed by atoms with Crippen molar-refractivity contribution in [1.82, 2.24) is 4.98 Å². The van der Waals surface area contributed by atoms with E-state index in [4.69, 9.17) is 4.18 Å².